The highest BCUT2D eigenvalue weighted by molar-refractivity contribution is 7.19. The minimum Gasteiger partial charge on any atom is -0.341 e. The molecule has 1 atom stereocenters. The molecule has 0 amide bonds. The lowest BCUT2D eigenvalue weighted by atomic mass is 9.95. The second kappa shape index (κ2) is 14.0. The van der Waals surface area contributed by atoms with Crippen molar-refractivity contribution in [2.45, 2.75) is 32.7 Å². The highest BCUT2D eigenvalue weighted by atomic mass is 32.1. The van der Waals surface area contributed by atoms with E-state index in [1.807, 2.05) is 11.3 Å². The van der Waals surface area contributed by atoms with Crippen molar-refractivity contribution in [3.8, 4) is 16.8 Å². The molecule has 3 heterocycles. The molecule has 2 aromatic heterocycles. The molecule has 1 aliphatic heterocycles. The third kappa shape index (κ3) is 5.87. The standard InChI is InChI=1S/C53H42N2S/c1-35-14-13-15-37(3)54(41-16-5-4-6-17-41)31-30-39(32-36(35)2)38-24-26-46-45-20-9-11-22-49(45)55(51(46)33-38)50-29-28-42(43-18-7-8-19-44(43)50)40-25-27-48-47-21-10-12-23-52(47)56-53(48)34-40/h4-11,13-22,24-34,37H,2,12,23H2,1,3H3/b15-13-,31-30-,35-14+,39-32+. The van der Waals surface area contributed by atoms with E-state index in [0.29, 0.717) is 0 Å². The summed E-state index contributed by atoms with van der Waals surface area (Å²) < 4.78 is 3.84. The van der Waals surface area contributed by atoms with Crippen molar-refractivity contribution in [1.29, 1.82) is 0 Å². The van der Waals surface area contributed by atoms with Crippen LogP contribution in [-0.2, 0) is 6.42 Å². The number of allylic oxidation sites excluding steroid dienone is 8. The summed E-state index contributed by atoms with van der Waals surface area (Å²) in [6.45, 7) is 8.88. The van der Waals surface area contributed by atoms with Crippen LogP contribution < -0.4 is 4.90 Å². The van der Waals surface area contributed by atoms with E-state index in [1.165, 1.54) is 69.9 Å². The van der Waals surface area contributed by atoms with Crippen LogP contribution in [0.3, 0.4) is 0 Å². The van der Waals surface area contributed by atoms with Crippen LogP contribution in [-0.4, -0.2) is 10.6 Å². The van der Waals surface area contributed by atoms with Crippen LogP contribution >= 0.6 is 11.3 Å². The number of para-hydroxylation sites is 2. The quantitative estimate of drug-likeness (QED) is 0.175. The lowest BCUT2D eigenvalue weighted by Crippen LogP contribution is -2.25. The summed E-state index contributed by atoms with van der Waals surface area (Å²) in [5, 5.41) is 6.34. The Morgan fingerprint density at radius 1 is 0.696 bits per heavy atom. The van der Waals surface area contributed by atoms with Crippen molar-refractivity contribution in [3.63, 3.8) is 0 Å². The van der Waals surface area contributed by atoms with Gasteiger partial charge in [0.2, 0.25) is 0 Å². The maximum absolute atomic E-state index is 4.50. The molecule has 0 spiro atoms. The van der Waals surface area contributed by atoms with E-state index in [2.05, 4.69) is 206 Å². The largest absolute Gasteiger partial charge is 0.341 e. The average Bonchev–Trinajstić information content (AvgIpc) is 3.77. The Morgan fingerprint density at radius 3 is 2.32 bits per heavy atom. The Bertz CT molecular complexity index is 3010. The molecule has 2 aliphatic rings. The Labute approximate surface area is 332 Å². The van der Waals surface area contributed by atoms with Crippen LogP contribution in [0.1, 0.15) is 36.3 Å². The maximum atomic E-state index is 4.50. The summed E-state index contributed by atoms with van der Waals surface area (Å²) in [6.07, 6.45) is 20.2. The number of aromatic nitrogens is 1. The molecule has 3 heteroatoms. The van der Waals surface area contributed by atoms with E-state index in [9.17, 15) is 0 Å². The van der Waals surface area contributed by atoms with Gasteiger partial charge in [0.05, 0.1) is 16.7 Å². The minimum absolute atomic E-state index is 0.154. The van der Waals surface area contributed by atoms with Crippen molar-refractivity contribution in [3.05, 3.63) is 204 Å². The summed E-state index contributed by atoms with van der Waals surface area (Å²) in [7, 11) is 0. The summed E-state index contributed by atoms with van der Waals surface area (Å²) in [5.74, 6) is 0. The molecule has 10 rings (SSSR count). The maximum Gasteiger partial charge on any atom is 0.0547 e. The fourth-order valence-electron chi connectivity index (χ4n) is 8.57. The van der Waals surface area contributed by atoms with Gasteiger partial charge in [0.15, 0.2) is 0 Å². The molecule has 56 heavy (non-hydrogen) atoms. The molecule has 0 bridgehead atoms. The van der Waals surface area contributed by atoms with Gasteiger partial charge in [-0.3, -0.25) is 0 Å². The molecule has 1 aliphatic carbocycles. The van der Waals surface area contributed by atoms with Gasteiger partial charge >= 0.3 is 0 Å². The SMILES string of the molecule is C=C1/C=C(c2ccc3c4ccccc4n(-c4ccc(-c5ccc6c7c(sc6c5)CCC=C7)c5ccccc45)c3c2)\C=C/N(c2ccccc2)C(C)/C=C\C=C\1C. The molecule has 1 unspecified atom stereocenters. The summed E-state index contributed by atoms with van der Waals surface area (Å²) in [6, 6.07) is 47.1. The van der Waals surface area contributed by atoms with Gasteiger partial charge in [-0.25, -0.2) is 0 Å². The number of hydrogen-bond donors (Lipinski definition) is 0. The minimum atomic E-state index is 0.154. The zero-order valence-electron chi connectivity index (χ0n) is 31.7. The molecular weight excluding hydrogens is 697 g/mol. The van der Waals surface area contributed by atoms with Crippen LogP contribution in [0.25, 0.3) is 71.1 Å². The van der Waals surface area contributed by atoms with Crippen LogP contribution in [0, 0.1) is 0 Å². The highest BCUT2D eigenvalue weighted by Gasteiger charge is 2.19. The fourth-order valence-corrected chi connectivity index (χ4v) is 9.81. The molecule has 2 nitrogen and oxygen atoms in total. The van der Waals surface area contributed by atoms with E-state index in [-0.39, 0.29) is 6.04 Å². The lowest BCUT2D eigenvalue weighted by molar-refractivity contribution is 0.857. The van der Waals surface area contributed by atoms with Gasteiger partial charge in [0.1, 0.15) is 0 Å². The van der Waals surface area contributed by atoms with Crippen LogP contribution in [0.2, 0.25) is 0 Å². The van der Waals surface area contributed by atoms with Gasteiger partial charge in [-0.2, -0.15) is 0 Å². The second-order valence-electron chi connectivity index (χ2n) is 15.0. The van der Waals surface area contributed by atoms with Crippen LogP contribution in [0.15, 0.2) is 188 Å². The van der Waals surface area contributed by atoms with Gasteiger partial charge in [-0.05, 0) is 125 Å². The third-order valence-corrected chi connectivity index (χ3v) is 12.8. The summed E-state index contributed by atoms with van der Waals surface area (Å²) >= 11 is 1.96. The topological polar surface area (TPSA) is 8.17 Å². The van der Waals surface area contributed by atoms with E-state index in [1.54, 1.807) is 0 Å². The smallest absolute Gasteiger partial charge is 0.0547 e. The zero-order valence-corrected chi connectivity index (χ0v) is 32.6. The lowest BCUT2D eigenvalue weighted by Gasteiger charge is -2.26. The van der Waals surface area contributed by atoms with Crippen molar-refractivity contribution >= 4 is 71.3 Å². The number of aryl methyl sites for hydroxylation is 1. The number of thiophene rings is 1. The average molecular weight is 739 g/mol. The number of hydrogen-bond acceptors (Lipinski definition) is 2. The molecule has 0 saturated heterocycles. The predicted octanol–water partition coefficient (Wildman–Crippen LogP) is 14.6. The molecule has 0 fully saturated rings. The Hall–Kier alpha value is -6.42. The molecule has 0 N–H and O–H groups in total. The number of rotatable bonds is 4. The molecule has 8 aromatic rings. The van der Waals surface area contributed by atoms with Crippen LogP contribution in [0.5, 0.6) is 0 Å². The summed E-state index contributed by atoms with van der Waals surface area (Å²) in [4.78, 5) is 3.83. The van der Waals surface area contributed by atoms with E-state index in [0.717, 1.165) is 40.8 Å². The van der Waals surface area contributed by atoms with E-state index >= 15 is 0 Å². The monoisotopic (exact) mass is 738 g/mol. The van der Waals surface area contributed by atoms with Gasteiger partial charge in [-0.1, -0.05) is 128 Å². The third-order valence-electron chi connectivity index (χ3n) is 11.6. The number of benzene rings is 6. The molecule has 270 valence electrons. The zero-order chi connectivity index (χ0) is 37.8. The first-order valence-electron chi connectivity index (χ1n) is 19.6. The number of nitrogens with zero attached hydrogens (tertiary/aromatic N) is 2. The Morgan fingerprint density at radius 2 is 1.45 bits per heavy atom. The molecule has 0 radical (unpaired) electrons. The Kier molecular flexibility index (Phi) is 8.53. The first-order valence-corrected chi connectivity index (χ1v) is 20.4. The normalized spacial score (nSPS) is 19.1. The second-order valence-corrected chi connectivity index (χ2v) is 16.1. The predicted molar refractivity (Wildman–Crippen MR) is 244 cm³/mol. The van der Waals surface area contributed by atoms with Gasteiger partial charge < -0.3 is 9.47 Å². The molecule has 6 aromatic carbocycles. The van der Waals surface area contributed by atoms with Gasteiger partial charge in [-0.15, -0.1) is 11.3 Å². The van der Waals surface area contributed by atoms with Crippen LogP contribution in [0.4, 0.5) is 5.69 Å². The van der Waals surface area contributed by atoms with E-state index < -0.39 is 0 Å². The first-order chi connectivity index (χ1) is 27.5. The molecule has 0 saturated carbocycles. The van der Waals surface area contributed by atoms with Crippen molar-refractivity contribution in [2.75, 3.05) is 4.90 Å². The van der Waals surface area contributed by atoms with Gasteiger partial charge in [0.25, 0.3) is 0 Å². The van der Waals surface area contributed by atoms with Crippen molar-refractivity contribution in [1.82, 2.24) is 4.57 Å². The highest BCUT2D eigenvalue weighted by Crippen LogP contribution is 2.42. The van der Waals surface area contributed by atoms with Crippen molar-refractivity contribution < 1.29 is 0 Å². The molecular formula is C53H42N2S. The first kappa shape index (κ1) is 34.1. The summed E-state index contributed by atoms with van der Waals surface area (Å²) in [5.41, 5.74) is 13.0. The fraction of sp³-hybridized carbons (Fsp3) is 0.0943. The number of fused-ring (bicyclic) bond motifs is 7. The number of anilines is 1. The van der Waals surface area contributed by atoms with E-state index in [4.69, 9.17) is 0 Å². The van der Waals surface area contributed by atoms with Crippen molar-refractivity contribution in [2.24, 2.45) is 0 Å². The Balaban J connectivity index is 1.14. The van der Waals surface area contributed by atoms with Gasteiger partial charge in [0, 0.05) is 43.7 Å².